The van der Waals surface area contributed by atoms with Crippen molar-refractivity contribution in [1.29, 1.82) is 5.26 Å². The molecule has 2 aromatic rings. The van der Waals surface area contributed by atoms with Crippen LogP contribution in [0.1, 0.15) is 24.1 Å². The molecule has 130 valence electrons. The van der Waals surface area contributed by atoms with Crippen LogP contribution in [0.5, 0.6) is 6.01 Å². The summed E-state index contributed by atoms with van der Waals surface area (Å²) in [5, 5.41) is 23.0. The molecule has 25 heavy (non-hydrogen) atoms. The number of hydrogen-bond acceptors (Lipinski definition) is 8. The van der Waals surface area contributed by atoms with Crippen LogP contribution in [0.3, 0.4) is 0 Å². The molecule has 1 heterocycles. The molecule has 0 fully saturated rings. The molecule has 1 N–H and O–H groups in total. The number of hydrogen-bond donors (Lipinski definition) is 1. The highest BCUT2D eigenvalue weighted by molar-refractivity contribution is 5.56. The van der Waals surface area contributed by atoms with E-state index >= 15 is 0 Å². The van der Waals surface area contributed by atoms with Gasteiger partial charge in [-0.05, 0) is 24.6 Å². The summed E-state index contributed by atoms with van der Waals surface area (Å²) in [6, 6.07) is 8.71. The van der Waals surface area contributed by atoms with Gasteiger partial charge in [0.05, 0.1) is 29.2 Å². The first-order valence-electron chi connectivity index (χ1n) is 7.45. The van der Waals surface area contributed by atoms with Crippen molar-refractivity contribution in [3.05, 3.63) is 51.7 Å². The number of ether oxygens (including phenoxy) is 2. The highest BCUT2D eigenvalue weighted by Crippen LogP contribution is 2.27. The smallest absolute Gasteiger partial charge is 0.329 e. The molecule has 1 atom stereocenters. The topological polar surface area (TPSA) is 123 Å². The number of benzene rings is 1. The molecular formula is C16H17N5O4. The second kappa shape index (κ2) is 8.56. The van der Waals surface area contributed by atoms with Gasteiger partial charge in [0, 0.05) is 7.11 Å². The Balaban J connectivity index is 2.20. The zero-order valence-corrected chi connectivity index (χ0v) is 13.8. The van der Waals surface area contributed by atoms with Crippen LogP contribution in [0.25, 0.3) is 0 Å². The second-order valence-corrected chi connectivity index (χ2v) is 5.08. The van der Waals surface area contributed by atoms with Gasteiger partial charge in [0.2, 0.25) is 5.82 Å². The summed E-state index contributed by atoms with van der Waals surface area (Å²) in [6.45, 7) is 2.42. The van der Waals surface area contributed by atoms with Crippen molar-refractivity contribution >= 4 is 11.5 Å². The van der Waals surface area contributed by atoms with E-state index in [-0.39, 0.29) is 30.2 Å². The predicted molar refractivity (Wildman–Crippen MR) is 89.3 cm³/mol. The van der Waals surface area contributed by atoms with Crippen LogP contribution >= 0.6 is 0 Å². The summed E-state index contributed by atoms with van der Waals surface area (Å²) in [7, 11) is 1.53. The number of anilines is 1. The number of nitrogens with zero attached hydrogens (tertiary/aromatic N) is 4. The number of methoxy groups -OCH3 is 1. The summed E-state index contributed by atoms with van der Waals surface area (Å²) < 4.78 is 10.2. The molecule has 0 bridgehead atoms. The summed E-state index contributed by atoms with van der Waals surface area (Å²) in [5.74, 6) is 0.0595. The van der Waals surface area contributed by atoms with Crippen LogP contribution in [0.4, 0.5) is 11.5 Å². The third-order valence-corrected chi connectivity index (χ3v) is 3.36. The highest BCUT2D eigenvalue weighted by atomic mass is 16.6. The predicted octanol–water partition coefficient (Wildman–Crippen LogP) is 2.45. The average Bonchev–Trinajstić information content (AvgIpc) is 2.62. The maximum absolute atomic E-state index is 11.2. The van der Waals surface area contributed by atoms with Crippen LogP contribution in [-0.4, -0.2) is 35.2 Å². The fraction of sp³-hybridized carbons (Fsp3) is 0.312. The Hall–Kier alpha value is -3.25. The molecule has 0 saturated heterocycles. The van der Waals surface area contributed by atoms with E-state index in [9.17, 15) is 10.1 Å². The van der Waals surface area contributed by atoms with Gasteiger partial charge in [0.25, 0.3) is 0 Å². The SMILES string of the molecule is COCCOc1ncc([N+](=O)[O-])c(NC(C)c2ccc(C#N)cc2)n1. The maximum atomic E-state index is 11.2. The fourth-order valence-corrected chi connectivity index (χ4v) is 2.02. The standard InChI is InChI=1S/C16H17N5O4/c1-11(13-5-3-12(9-17)4-6-13)19-15-14(21(22)23)10-18-16(20-15)25-8-7-24-2/h3-6,10-11H,7-8H2,1-2H3,(H,18,19,20). The highest BCUT2D eigenvalue weighted by Gasteiger charge is 2.20. The Morgan fingerprint density at radius 1 is 1.36 bits per heavy atom. The van der Waals surface area contributed by atoms with Crippen molar-refractivity contribution in [2.24, 2.45) is 0 Å². The molecule has 0 radical (unpaired) electrons. The molecule has 2 rings (SSSR count). The van der Waals surface area contributed by atoms with Crippen molar-refractivity contribution in [2.75, 3.05) is 25.6 Å². The van der Waals surface area contributed by atoms with Crippen LogP contribution < -0.4 is 10.1 Å². The normalized spacial score (nSPS) is 11.4. The van der Waals surface area contributed by atoms with Gasteiger partial charge in [0.1, 0.15) is 12.8 Å². The number of nitriles is 1. The molecule has 9 heteroatoms. The van der Waals surface area contributed by atoms with Gasteiger partial charge in [0.15, 0.2) is 0 Å². The van der Waals surface area contributed by atoms with Crippen molar-refractivity contribution in [1.82, 2.24) is 9.97 Å². The second-order valence-electron chi connectivity index (χ2n) is 5.08. The van der Waals surface area contributed by atoms with Crippen molar-refractivity contribution in [3.8, 4) is 12.1 Å². The van der Waals surface area contributed by atoms with Crippen LogP contribution in [0.2, 0.25) is 0 Å². The van der Waals surface area contributed by atoms with Gasteiger partial charge >= 0.3 is 11.7 Å². The Morgan fingerprint density at radius 2 is 2.08 bits per heavy atom. The molecule has 0 aliphatic heterocycles. The van der Waals surface area contributed by atoms with Crippen molar-refractivity contribution < 1.29 is 14.4 Å². The lowest BCUT2D eigenvalue weighted by molar-refractivity contribution is -0.384. The van der Waals surface area contributed by atoms with Gasteiger partial charge in [-0.2, -0.15) is 15.2 Å². The van der Waals surface area contributed by atoms with E-state index in [1.54, 1.807) is 24.3 Å². The van der Waals surface area contributed by atoms with E-state index in [0.717, 1.165) is 11.8 Å². The molecule has 0 spiro atoms. The zero-order chi connectivity index (χ0) is 18.2. The Labute approximate surface area is 144 Å². The summed E-state index contributed by atoms with van der Waals surface area (Å²) in [5.41, 5.74) is 1.14. The lowest BCUT2D eigenvalue weighted by Crippen LogP contribution is -2.12. The number of aromatic nitrogens is 2. The molecule has 0 amide bonds. The molecule has 1 aromatic carbocycles. The summed E-state index contributed by atoms with van der Waals surface area (Å²) >= 11 is 0. The van der Waals surface area contributed by atoms with Gasteiger partial charge in [-0.3, -0.25) is 10.1 Å². The van der Waals surface area contributed by atoms with E-state index < -0.39 is 4.92 Å². The van der Waals surface area contributed by atoms with Crippen LogP contribution in [0.15, 0.2) is 30.5 Å². The van der Waals surface area contributed by atoms with Gasteiger partial charge in [-0.25, -0.2) is 0 Å². The minimum atomic E-state index is -0.563. The lowest BCUT2D eigenvalue weighted by atomic mass is 10.1. The Kier molecular flexibility index (Phi) is 6.20. The minimum absolute atomic E-state index is 0.0252. The quantitative estimate of drug-likeness (QED) is 0.440. The first-order chi connectivity index (χ1) is 12.0. The molecular weight excluding hydrogens is 326 g/mol. The molecule has 1 aromatic heterocycles. The number of rotatable bonds is 8. The summed E-state index contributed by atoms with van der Waals surface area (Å²) in [4.78, 5) is 18.5. The summed E-state index contributed by atoms with van der Waals surface area (Å²) in [6.07, 6.45) is 1.10. The lowest BCUT2D eigenvalue weighted by Gasteiger charge is -2.15. The van der Waals surface area contributed by atoms with E-state index in [0.29, 0.717) is 12.2 Å². The largest absolute Gasteiger partial charge is 0.461 e. The molecule has 0 saturated carbocycles. The maximum Gasteiger partial charge on any atom is 0.329 e. The molecule has 0 aliphatic carbocycles. The van der Waals surface area contributed by atoms with Crippen molar-refractivity contribution in [2.45, 2.75) is 13.0 Å². The van der Waals surface area contributed by atoms with Crippen LogP contribution in [-0.2, 0) is 4.74 Å². The van der Waals surface area contributed by atoms with Gasteiger partial charge in [-0.1, -0.05) is 12.1 Å². The van der Waals surface area contributed by atoms with E-state index in [4.69, 9.17) is 14.7 Å². The van der Waals surface area contributed by atoms with Crippen molar-refractivity contribution in [3.63, 3.8) is 0 Å². The fourth-order valence-electron chi connectivity index (χ4n) is 2.02. The number of nitrogens with one attached hydrogen (secondary N) is 1. The third kappa shape index (κ3) is 4.86. The molecule has 1 unspecified atom stereocenters. The third-order valence-electron chi connectivity index (χ3n) is 3.36. The number of nitro groups is 1. The van der Waals surface area contributed by atoms with Gasteiger partial charge in [-0.15, -0.1) is 0 Å². The molecule has 0 aliphatic rings. The monoisotopic (exact) mass is 343 g/mol. The van der Waals surface area contributed by atoms with Gasteiger partial charge < -0.3 is 14.8 Å². The Morgan fingerprint density at radius 3 is 2.68 bits per heavy atom. The van der Waals surface area contributed by atoms with E-state index in [2.05, 4.69) is 15.3 Å². The minimum Gasteiger partial charge on any atom is -0.461 e. The van der Waals surface area contributed by atoms with E-state index in [1.165, 1.54) is 7.11 Å². The van der Waals surface area contributed by atoms with E-state index in [1.807, 2.05) is 13.0 Å². The first-order valence-corrected chi connectivity index (χ1v) is 7.45. The average molecular weight is 343 g/mol. The Bertz CT molecular complexity index is 773. The zero-order valence-electron chi connectivity index (χ0n) is 13.8. The van der Waals surface area contributed by atoms with Crippen LogP contribution in [0, 0.1) is 21.4 Å². The molecule has 9 nitrogen and oxygen atoms in total. The first kappa shape index (κ1) is 18.1.